The number of aryl methyl sites for hydroxylation is 2. The molecule has 2 aromatic heterocycles. The van der Waals surface area contributed by atoms with Crippen molar-refractivity contribution in [2.24, 2.45) is 0 Å². The van der Waals surface area contributed by atoms with Crippen LogP contribution in [-0.4, -0.2) is 42.2 Å². The van der Waals surface area contributed by atoms with Gasteiger partial charge in [0.2, 0.25) is 0 Å². The van der Waals surface area contributed by atoms with Gasteiger partial charge in [0.25, 0.3) is 11.5 Å². The van der Waals surface area contributed by atoms with Gasteiger partial charge in [0.05, 0.1) is 13.2 Å². The fourth-order valence-corrected chi connectivity index (χ4v) is 3.03. The van der Waals surface area contributed by atoms with Crippen molar-refractivity contribution in [1.29, 1.82) is 0 Å². The van der Waals surface area contributed by atoms with Crippen molar-refractivity contribution in [2.75, 3.05) is 31.2 Å². The predicted molar refractivity (Wildman–Crippen MR) is 95.0 cm³/mol. The van der Waals surface area contributed by atoms with E-state index in [0.717, 1.165) is 30.2 Å². The number of hydrogen-bond acceptors (Lipinski definition) is 5. The number of rotatable bonds is 4. The van der Waals surface area contributed by atoms with Crippen LogP contribution in [-0.2, 0) is 11.3 Å². The molecule has 0 atom stereocenters. The number of pyridine rings is 2. The zero-order valence-corrected chi connectivity index (χ0v) is 14.5. The standard InChI is InChI=1S/C18H22N4O3/c1-12-10-13(2)21-18(24)15(12)17(23)20-11-14-4-3-5-19-16(14)22-6-8-25-9-7-22/h3-5,10H,6-9,11H2,1-2H3,(H,20,23)(H,21,24). The monoisotopic (exact) mass is 342 g/mol. The first-order chi connectivity index (χ1) is 12.1. The van der Waals surface area contributed by atoms with Crippen molar-refractivity contribution < 1.29 is 9.53 Å². The van der Waals surface area contributed by atoms with E-state index < -0.39 is 0 Å². The summed E-state index contributed by atoms with van der Waals surface area (Å²) >= 11 is 0. The minimum Gasteiger partial charge on any atom is -0.378 e. The van der Waals surface area contributed by atoms with Crippen LogP contribution in [0.1, 0.15) is 27.2 Å². The molecule has 25 heavy (non-hydrogen) atoms. The number of anilines is 1. The summed E-state index contributed by atoms with van der Waals surface area (Å²) < 4.78 is 5.38. The number of nitrogens with one attached hydrogen (secondary N) is 2. The number of amides is 1. The summed E-state index contributed by atoms with van der Waals surface area (Å²) in [6, 6.07) is 5.57. The lowest BCUT2D eigenvalue weighted by Crippen LogP contribution is -2.38. The third-order valence-corrected chi connectivity index (χ3v) is 4.21. The van der Waals surface area contributed by atoms with Gasteiger partial charge in [-0.05, 0) is 31.5 Å². The Morgan fingerprint density at radius 3 is 2.84 bits per heavy atom. The highest BCUT2D eigenvalue weighted by atomic mass is 16.5. The van der Waals surface area contributed by atoms with Crippen molar-refractivity contribution in [3.8, 4) is 0 Å². The molecule has 1 saturated heterocycles. The lowest BCUT2D eigenvalue weighted by Gasteiger charge is -2.29. The summed E-state index contributed by atoms with van der Waals surface area (Å²) in [5.74, 6) is 0.469. The normalized spacial score (nSPS) is 14.4. The van der Waals surface area contributed by atoms with E-state index in [1.165, 1.54) is 0 Å². The molecule has 0 saturated carbocycles. The average molecular weight is 342 g/mol. The largest absolute Gasteiger partial charge is 0.378 e. The first-order valence-corrected chi connectivity index (χ1v) is 8.31. The van der Waals surface area contributed by atoms with Gasteiger partial charge in [-0.15, -0.1) is 0 Å². The Hall–Kier alpha value is -2.67. The second-order valence-electron chi connectivity index (χ2n) is 6.11. The number of aromatic nitrogens is 2. The maximum Gasteiger partial charge on any atom is 0.261 e. The molecular weight excluding hydrogens is 320 g/mol. The lowest BCUT2D eigenvalue weighted by atomic mass is 10.1. The summed E-state index contributed by atoms with van der Waals surface area (Å²) in [5.41, 5.74) is 2.11. The second kappa shape index (κ2) is 7.48. The maximum atomic E-state index is 12.5. The van der Waals surface area contributed by atoms with E-state index in [1.807, 2.05) is 12.1 Å². The Balaban J connectivity index is 1.76. The van der Waals surface area contributed by atoms with E-state index in [1.54, 1.807) is 26.1 Å². The fourth-order valence-electron chi connectivity index (χ4n) is 3.03. The number of hydrogen-bond donors (Lipinski definition) is 2. The van der Waals surface area contributed by atoms with Gasteiger partial charge < -0.3 is 19.9 Å². The van der Waals surface area contributed by atoms with Crippen LogP contribution in [0.5, 0.6) is 0 Å². The van der Waals surface area contributed by atoms with Gasteiger partial charge in [-0.25, -0.2) is 4.98 Å². The number of ether oxygens (including phenoxy) is 1. The van der Waals surface area contributed by atoms with Crippen molar-refractivity contribution >= 4 is 11.7 Å². The summed E-state index contributed by atoms with van der Waals surface area (Å²) in [5, 5.41) is 2.84. The van der Waals surface area contributed by atoms with Gasteiger partial charge in [-0.1, -0.05) is 6.07 Å². The first kappa shape index (κ1) is 17.2. The van der Waals surface area contributed by atoms with Crippen LogP contribution in [0, 0.1) is 13.8 Å². The van der Waals surface area contributed by atoms with Gasteiger partial charge in [0.1, 0.15) is 11.4 Å². The van der Waals surface area contributed by atoms with E-state index in [0.29, 0.717) is 25.3 Å². The summed E-state index contributed by atoms with van der Waals surface area (Å²) in [6.07, 6.45) is 1.74. The molecule has 2 N–H and O–H groups in total. The van der Waals surface area contributed by atoms with E-state index in [9.17, 15) is 9.59 Å². The van der Waals surface area contributed by atoms with Crippen LogP contribution in [0.25, 0.3) is 0 Å². The molecule has 0 radical (unpaired) electrons. The van der Waals surface area contributed by atoms with E-state index in [2.05, 4.69) is 20.2 Å². The van der Waals surface area contributed by atoms with E-state index in [4.69, 9.17) is 4.74 Å². The molecule has 1 aliphatic heterocycles. The molecule has 0 aliphatic carbocycles. The predicted octanol–water partition coefficient (Wildman–Crippen LogP) is 1.15. The van der Waals surface area contributed by atoms with Gasteiger partial charge in [0, 0.05) is 37.1 Å². The number of nitrogens with zero attached hydrogens (tertiary/aromatic N) is 2. The molecule has 0 unspecified atom stereocenters. The Kier molecular flexibility index (Phi) is 5.14. The minimum atomic E-state index is -0.379. The highest BCUT2D eigenvalue weighted by Gasteiger charge is 2.18. The van der Waals surface area contributed by atoms with Crippen molar-refractivity contribution in [1.82, 2.24) is 15.3 Å². The zero-order chi connectivity index (χ0) is 17.8. The molecule has 3 rings (SSSR count). The van der Waals surface area contributed by atoms with Crippen LogP contribution in [0.3, 0.4) is 0 Å². The number of aromatic amines is 1. The molecule has 0 spiro atoms. The first-order valence-electron chi connectivity index (χ1n) is 8.31. The number of H-pyrrole nitrogens is 1. The van der Waals surface area contributed by atoms with Crippen molar-refractivity contribution in [3.05, 3.63) is 57.1 Å². The Bertz CT molecular complexity index is 825. The molecule has 1 amide bonds. The third kappa shape index (κ3) is 3.88. The van der Waals surface area contributed by atoms with Crippen LogP contribution in [0.15, 0.2) is 29.2 Å². The van der Waals surface area contributed by atoms with Gasteiger partial charge >= 0.3 is 0 Å². The minimum absolute atomic E-state index is 0.155. The smallest absolute Gasteiger partial charge is 0.261 e. The number of morpholine rings is 1. The summed E-state index contributed by atoms with van der Waals surface area (Å²) in [7, 11) is 0. The van der Waals surface area contributed by atoms with Gasteiger partial charge in [-0.3, -0.25) is 9.59 Å². The molecular formula is C18H22N4O3. The number of carbonyl (C=O) groups is 1. The lowest BCUT2D eigenvalue weighted by molar-refractivity contribution is 0.0948. The maximum absolute atomic E-state index is 12.5. The molecule has 132 valence electrons. The SMILES string of the molecule is Cc1cc(C)c(C(=O)NCc2cccnc2N2CCOCC2)c(=O)[nH]1. The quantitative estimate of drug-likeness (QED) is 0.870. The molecule has 0 aromatic carbocycles. The summed E-state index contributed by atoms with van der Waals surface area (Å²) in [4.78, 5) is 33.8. The molecule has 2 aromatic rings. The van der Waals surface area contributed by atoms with Gasteiger partial charge in [0.15, 0.2) is 0 Å². The van der Waals surface area contributed by atoms with Gasteiger partial charge in [-0.2, -0.15) is 0 Å². The Morgan fingerprint density at radius 2 is 2.12 bits per heavy atom. The Labute approximate surface area is 146 Å². The molecule has 7 heteroatoms. The molecule has 7 nitrogen and oxygen atoms in total. The van der Waals surface area contributed by atoms with Crippen molar-refractivity contribution in [3.63, 3.8) is 0 Å². The zero-order valence-electron chi connectivity index (χ0n) is 14.5. The number of carbonyl (C=O) groups excluding carboxylic acids is 1. The van der Waals surface area contributed by atoms with E-state index >= 15 is 0 Å². The highest BCUT2D eigenvalue weighted by molar-refractivity contribution is 5.95. The molecule has 0 bridgehead atoms. The fraction of sp³-hybridized carbons (Fsp3) is 0.389. The Morgan fingerprint density at radius 1 is 1.36 bits per heavy atom. The average Bonchev–Trinajstić information content (AvgIpc) is 2.60. The van der Waals surface area contributed by atoms with Crippen LogP contribution in [0.4, 0.5) is 5.82 Å². The molecule has 1 aliphatic rings. The van der Waals surface area contributed by atoms with E-state index in [-0.39, 0.29) is 17.0 Å². The third-order valence-electron chi connectivity index (χ3n) is 4.21. The molecule has 3 heterocycles. The van der Waals surface area contributed by atoms with Crippen LogP contribution >= 0.6 is 0 Å². The van der Waals surface area contributed by atoms with Crippen LogP contribution < -0.4 is 15.8 Å². The topological polar surface area (TPSA) is 87.3 Å². The van der Waals surface area contributed by atoms with Crippen LogP contribution in [0.2, 0.25) is 0 Å². The highest BCUT2D eigenvalue weighted by Crippen LogP contribution is 2.18. The molecule has 1 fully saturated rings. The summed E-state index contributed by atoms with van der Waals surface area (Å²) in [6.45, 7) is 6.75. The van der Waals surface area contributed by atoms with Crippen molar-refractivity contribution in [2.45, 2.75) is 20.4 Å². The second-order valence-corrected chi connectivity index (χ2v) is 6.11.